The van der Waals surface area contributed by atoms with E-state index < -0.39 is 0 Å². The van der Waals surface area contributed by atoms with Crippen molar-refractivity contribution in [2.45, 2.75) is 62.8 Å². The van der Waals surface area contributed by atoms with Crippen molar-refractivity contribution in [3.63, 3.8) is 0 Å². The van der Waals surface area contributed by atoms with Crippen molar-refractivity contribution in [3.05, 3.63) is 29.3 Å². The molecule has 1 heterocycles. The van der Waals surface area contributed by atoms with Gasteiger partial charge in [0.25, 0.3) is 0 Å². The predicted octanol–water partition coefficient (Wildman–Crippen LogP) is 3.75. The third kappa shape index (κ3) is 2.35. The standard InChI is InChI=1S/C20H26N2O/c21-10-3-4-11-22-12-9-20-8-2-1-5-17(20)19(22)13-15-6-7-16(23)14-18(15)20/h6-7,14,17,19,23H,1-5,8-9,11-13H2/t17-,19+,20+/m0/s1. The van der Waals surface area contributed by atoms with Crippen molar-refractivity contribution in [1.29, 1.82) is 5.26 Å². The van der Waals surface area contributed by atoms with Crippen LogP contribution in [-0.2, 0) is 11.8 Å². The molecule has 0 amide bonds. The Balaban J connectivity index is 1.70. The number of fused-ring (bicyclic) bond motifs is 1. The number of likely N-dealkylation sites (tertiary alicyclic amines) is 1. The van der Waals surface area contributed by atoms with Gasteiger partial charge in [-0.05, 0) is 74.4 Å². The molecular formula is C20H26N2O. The smallest absolute Gasteiger partial charge is 0.115 e. The Kier molecular flexibility index (Phi) is 3.81. The number of benzene rings is 1. The quantitative estimate of drug-likeness (QED) is 0.865. The maximum absolute atomic E-state index is 10.0. The molecule has 3 heteroatoms. The molecule has 2 bridgehead atoms. The molecule has 23 heavy (non-hydrogen) atoms. The van der Waals surface area contributed by atoms with Gasteiger partial charge in [-0.3, -0.25) is 4.90 Å². The summed E-state index contributed by atoms with van der Waals surface area (Å²) < 4.78 is 0. The third-order valence-electron chi connectivity index (χ3n) is 6.67. The number of nitrogens with zero attached hydrogens (tertiary/aromatic N) is 2. The Morgan fingerprint density at radius 1 is 1.30 bits per heavy atom. The summed E-state index contributed by atoms with van der Waals surface area (Å²) in [5, 5.41) is 18.8. The molecule has 2 aliphatic carbocycles. The Morgan fingerprint density at radius 3 is 3.09 bits per heavy atom. The zero-order valence-electron chi connectivity index (χ0n) is 13.8. The highest BCUT2D eigenvalue weighted by Crippen LogP contribution is 2.56. The highest BCUT2D eigenvalue weighted by atomic mass is 16.3. The average molecular weight is 310 g/mol. The van der Waals surface area contributed by atoms with E-state index in [9.17, 15) is 5.11 Å². The van der Waals surface area contributed by atoms with Crippen molar-refractivity contribution in [2.24, 2.45) is 5.92 Å². The zero-order chi connectivity index (χ0) is 15.9. The second kappa shape index (κ2) is 5.83. The second-order valence-electron chi connectivity index (χ2n) is 7.67. The van der Waals surface area contributed by atoms with Gasteiger partial charge in [-0.1, -0.05) is 18.9 Å². The highest BCUT2D eigenvalue weighted by Gasteiger charge is 2.53. The fourth-order valence-corrected chi connectivity index (χ4v) is 5.71. The lowest BCUT2D eigenvalue weighted by molar-refractivity contribution is -0.0115. The number of hydrogen-bond donors (Lipinski definition) is 1. The van der Waals surface area contributed by atoms with Gasteiger partial charge < -0.3 is 5.11 Å². The number of hydrogen-bond acceptors (Lipinski definition) is 3. The van der Waals surface area contributed by atoms with Crippen LogP contribution in [0.3, 0.4) is 0 Å². The van der Waals surface area contributed by atoms with Gasteiger partial charge in [-0.2, -0.15) is 5.26 Å². The number of phenols is 1. The number of unbranched alkanes of at least 4 members (excludes halogenated alkanes) is 1. The Hall–Kier alpha value is -1.53. The fraction of sp³-hybridized carbons (Fsp3) is 0.650. The van der Waals surface area contributed by atoms with Gasteiger partial charge in [0.2, 0.25) is 0 Å². The summed E-state index contributed by atoms with van der Waals surface area (Å²) in [5.74, 6) is 1.17. The van der Waals surface area contributed by atoms with Gasteiger partial charge >= 0.3 is 0 Å². The molecule has 122 valence electrons. The molecule has 1 aromatic rings. The molecule has 0 spiro atoms. The summed E-state index contributed by atoms with van der Waals surface area (Å²) >= 11 is 0. The summed E-state index contributed by atoms with van der Waals surface area (Å²) in [6.45, 7) is 2.22. The topological polar surface area (TPSA) is 47.3 Å². The predicted molar refractivity (Wildman–Crippen MR) is 90.3 cm³/mol. The van der Waals surface area contributed by atoms with Crippen molar-refractivity contribution in [3.8, 4) is 11.8 Å². The first-order valence-electron chi connectivity index (χ1n) is 9.18. The Morgan fingerprint density at radius 2 is 2.22 bits per heavy atom. The van der Waals surface area contributed by atoms with Gasteiger partial charge in [0, 0.05) is 17.9 Å². The van der Waals surface area contributed by atoms with Crippen LogP contribution in [-0.4, -0.2) is 29.1 Å². The summed E-state index contributed by atoms with van der Waals surface area (Å²) in [6, 6.07) is 9.00. The molecular weight excluding hydrogens is 284 g/mol. The van der Waals surface area contributed by atoms with E-state index in [-0.39, 0.29) is 0 Å². The van der Waals surface area contributed by atoms with Crippen LogP contribution in [0, 0.1) is 17.2 Å². The van der Waals surface area contributed by atoms with E-state index in [2.05, 4.69) is 23.1 Å². The first-order valence-corrected chi connectivity index (χ1v) is 9.18. The maximum Gasteiger partial charge on any atom is 0.115 e. The molecule has 0 radical (unpaired) electrons. The first kappa shape index (κ1) is 15.0. The number of aromatic hydroxyl groups is 1. The second-order valence-corrected chi connectivity index (χ2v) is 7.67. The SMILES string of the molecule is N#CCCCN1CC[C@]23CCCC[C@H]2[C@H]1Cc1ccc(O)cc13. The van der Waals surface area contributed by atoms with Gasteiger partial charge in [-0.25, -0.2) is 0 Å². The molecule has 1 saturated carbocycles. The zero-order valence-corrected chi connectivity index (χ0v) is 13.8. The molecule has 1 saturated heterocycles. The van der Waals surface area contributed by atoms with Crippen LogP contribution in [0.25, 0.3) is 0 Å². The molecule has 0 aromatic heterocycles. The van der Waals surface area contributed by atoms with Crippen LogP contribution in [0.4, 0.5) is 0 Å². The fourth-order valence-electron chi connectivity index (χ4n) is 5.71. The molecule has 3 nitrogen and oxygen atoms in total. The minimum absolute atomic E-state index is 0.307. The van der Waals surface area contributed by atoms with E-state index >= 15 is 0 Å². The average Bonchev–Trinajstić information content (AvgIpc) is 2.57. The van der Waals surface area contributed by atoms with Crippen molar-refractivity contribution in [1.82, 2.24) is 4.90 Å². The van der Waals surface area contributed by atoms with Crippen molar-refractivity contribution >= 4 is 0 Å². The monoisotopic (exact) mass is 310 g/mol. The number of piperidine rings is 1. The van der Waals surface area contributed by atoms with Crippen LogP contribution < -0.4 is 0 Å². The normalized spacial score (nSPS) is 32.7. The largest absolute Gasteiger partial charge is 0.508 e. The highest BCUT2D eigenvalue weighted by molar-refractivity contribution is 5.45. The van der Waals surface area contributed by atoms with Crippen LogP contribution in [0.2, 0.25) is 0 Å². The molecule has 0 unspecified atom stereocenters. The molecule has 2 fully saturated rings. The van der Waals surface area contributed by atoms with Gasteiger partial charge in [0.05, 0.1) is 6.07 Å². The van der Waals surface area contributed by atoms with Crippen LogP contribution >= 0.6 is 0 Å². The molecule has 4 rings (SSSR count). The maximum atomic E-state index is 10.0. The number of phenolic OH excluding ortho intramolecular Hbond substituents is 1. The summed E-state index contributed by atoms with van der Waals surface area (Å²) in [4.78, 5) is 2.67. The van der Waals surface area contributed by atoms with E-state index in [1.807, 2.05) is 6.07 Å². The van der Waals surface area contributed by atoms with Crippen LogP contribution in [0.5, 0.6) is 5.75 Å². The first-order chi connectivity index (χ1) is 11.2. The van der Waals surface area contributed by atoms with E-state index in [1.165, 1.54) is 43.2 Å². The molecule has 3 atom stereocenters. The number of nitriles is 1. The lowest BCUT2D eigenvalue weighted by Gasteiger charge is -2.59. The van der Waals surface area contributed by atoms with Gasteiger partial charge in [0.1, 0.15) is 5.75 Å². The molecule has 1 N–H and O–H groups in total. The third-order valence-corrected chi connectivity index (χ3v) is 6.67. The summed E-state index contributed by atoms with van der Waals surface area (Å²) in [5.41, 5.74) is 3.21. The minimum Gasteiger partial charge on any atom is -0.508 e. The van der Waals surface area contributed by atoms with Crippen LogP contribution in [0.15, 0.2) is 18.2 Å². The molecule has 1 aliphatic heterocycles. The summed E-state index contributed by atoms with van der Waals surface area (Å²) in [7, 11) is 0. The lowest BCUT2D eigenvalue weighted by Crippen LogP contribution is -2.60. The van der Waals surface area contributed by atoms with E-state index in [1.54, 1.807) is 0 Å². The van der Waals surface area contributed by atoms with E-state index in [0.29, 0.717) is 23.6 Å². The van der Waals surface area contributed by atoms with E-state index in [0.717, 1.165) is 31.8 Å². The van der Waals surface area contributed by atoms with Gasteiger partial charge in [-0.15, -0.1) is 0 Å². The van der Waals surface area contributed by atoms with E-state index in [4.69, 9.17) is 5.26 Å². The Labute approximate surface area is 138 Å². The van der Waals surface area contributed by atoms with Crippen LogP contribution in [0.1, 0.15) is 56.1 Å². The number of rotatable bonds is 3. The Bertz CT molecular complexity index is 635. The molecule has 3 aliphatic rings. The molecule has 1 aromatic carbocycles. The lowest BCUT2D eigenvalue weighted by atomic mass is 9.52. The minimum atomic E-state index is 0.307. The van der Waals surface area contributed by atoms with Crippen molar-refractivity contribution < 1.29 is 5.11 Å². The van der Waals surface area contributed by atoms with Gasteiger partial charge in [0.15, 0.2) is 0 Å². The van der Waals surface area contributed by atoms with Crippen molar-refractivity contribution in [2.75, 3.05) is 13.1 Å². The summed E-state index contributed by atoms with van der Waals surface area (Å²) in [6.07, 6.45) is 9.30.